The quantitative estimate of drug-likeness (QED) is 0.663. The molecular weight excluding hydrogens is 379 g/mol. The number of hydrogen-bond acceptors (Lipinski definition) is 5. The fourth-order valence-corrected chi connectivity index (χ4v) is 3.68. The summed E-state index contributed by atoms with van der Waals surface area (Å²) in [6, 6.07) is 5.33. The Kier molecular flexibility index (Phi) is 5.13. The van der Waals surface area contributed by atoms with Crippen molar-refractivity contribution in [1.29, 1.82) is 0 Å². The van der Waals surface area contributed by atoms with Crippen LogP contribution in [0.3, 0.4) is 0 Å². The minimum Gasteiger partial charge on any atom is -0.367 e. The molecule has 0 bridgehead atoms. The van der Waals surface area contributed by atoms with Gasteiger partial charge in [0.2, 0.25) is 0 Å². The summed E-state index contributed by atoms with van der Waals surface area (Å²) in [6.45, 7) is 4.46. The van der Waals surface area contributed by atoms with Gasteiger partial charge in [-0.2, -0.15) is 9.78 Å². The Morgan fingerprint density at radius 1 is 1.24 bits per heavy atom. The van der Waals surface area contributed by atoms with Crippen LogP contribution in [0.25, 0.3) is 5.69 Å². The van der Waals surface area contributed by atoms with E-state index in [1.54, 1.807) is 29.7 Å². The van der Waals surface area contributed by atoms with E-state index >= 15 is 0 Å². The molecule has 0 fully saturated rings. The van der Waals surface area contributed by atoms with Gasteiger partial charge in [-0.15, -0.1) is 11.3 Å². The summed E-state index contributed by atoms with van der Waals surface area (Å²) in [6.07, 6.45) is 3.42. The molecule has 5 nitrogen and oxygen atoms in total. The average molecular weight is 395 g/mol. The van der Waals surface area contributed by atoms with E-state index in [2.05, 4.69) is 10.1 Å². The van der Waals surface area contributed by atoms with Crippen molar-refractivity contribution in [2.45, 2.75) is 20.4 Å². The molecule has 3 aromatic rings. The molecule has 1 aromatic carbocycles. The van der Waals surface area contributed by atoms with Crippen LogP contribution in [-0.4, -0.2) is 21.8 Å². The van der Waals surface area contributed by atoms with Crippen LogP contribution in [0.5, 0.6) is 0 Å². The van der Waals surface area contributed by atoms with Crippen molar-refractivity contribution >= 4 is 40.2 Å². The summed E-state index contributed by atoms with van der Waals surface area (Å²) in [7, 11) is 1.87. The third kappa shape index (κ3) is 3.71. The van der Waals surface area contributed by atoms with Crippen LogP contribution < -0.4 is 10.5 Å². The number of nitrogens with zero attached hydrogens (tertiary/aromatic N) is 4. The zero-order chi connectivity index (χ0) is 18.1. The lowest BCUT2D eigenvalue weighted by Crippen LogP contribution is -2.26. The van der Waals surface area contributed by atoms with E-state index < -0.39 is 0 Å². The van der Waals surface area contributed by atoms with Crippen LogP contribution >= 0.6 is 34.5 Å². The Balaban J connectivity index is 1.94. The van der Waals surface area contributed by atoms with Crippen molar-refractivity contribution in [1.82, 2.24) is 14.8 Å². The fourth-order valence-electron chi connectivity index (χ4n) is 2.38. The van der Waals surface area contributed by atoms with Gasteiger partial charge in [-0.3, -0.25) is 4.79 Å². The molecule has 0 amide bonds. The second kappa shape index (κ2) is 7.15. The molecule has 0 aliphatic heterocycles. The summed E-state index contributed by atoms with van der Waals surface area (Å²) in [5.41, 5.74) is 1.70. The molecule has 0 spiro atoms. The van der Waals surface area contributed by atoms with Crippen molar-refractivity contribution in [2.24, 2.45) is 0 Å². The van der Waals surface area contributed by atoms with Gasteiger partial charge in [0, 0.05) is 23.1 Å². The number of aryl methyl sites for hydroxylation is 2. The maximum Gasteiger partial charge on any atom is 0.292 e. The molecule has 8 heteroatoms. The van der Waals surface area contributed by atoms with Crippen molar-refractivity contribution in [2.75, 3.05) is 11.9 Å². The van der Waals surface area contributed by atoms with Crippen LogP contribution in [0.1, 0.15) is 15.4 Å². The topological polar surface area (TPSA) is 51.0 Å². The molecule has 0 aliphatic carbocycles. The van der Waals surface area contributed by atoms with E-state index in [9.17, 15) is 4.79 Å². The molecule has 2 aromatic heterocycles. The highest BCUT2D eigenvalue weighted by Gasteiger charge is 2.15. The van der Waals surface area contributed by atoms with Crippen LogP contribution in [0, 0.1) is 13.8 Å². The molecule has 130 valence electrons. The first-order valence-electron chi connectivity index (χ1n) is 7.53. The maximum absolute atomic E-state index is 12.6. The maximum atomic E-state index is 12.6. The lowest BCUT2D eigenvalue weighted by molar-refractivity contribution is 0.795. The van der Waals surface area contributed by atoms with Crippen molar-refractivity contribution in [3.05, 3.63) is 66.4 Å². The minimum atomic E-state index is -0.383. The van der Waals surface area contributed by atoms with Crippen LogP contribution in [0.15, 0.2) is 35.4 Å². The second-order valence-electron chi connectivity index (χ2n) is 5.70. The molecular formula is C17H16Cl2N4OS. The SMILES string of the molecule is Cc1ncc(CN(C)c2cnn(-c3ccc(C)c(Cl)c3)c(=O)c2Cl)s1. The number of benzene rings is 1. The first kappa shape index (κ1) is 17.9. The van der Waals surface area contributed by atoms with E-state index in [0.29, 0.717) is 22.9 Å². The predicted molar refractivity (Wildman–Crippen MR) is 104 cm³/mol. The zero-order valence-electron chi connectivity index (χ0n) is 14.0. The van der Waals surface area contributed by atoms with E-state index in [-0.39, 0.29) is 10.6 Å². The number of thiazole rings is 1. The van der Waals surface area contributed by atoms with Crippen LogP contribution in [0.4, 0.5) is 5.69 Å². The van der Waals surface area contributed by atoms with E-state index in [1.807, 2.05) is 38.1 Å². The summed E-state index contributed by atoms with van der Waals surface area (Å²) in [4.78, 5) is 19.8. The molecule has 0 unspecified atom stereocenters. The highest BCUT2D eigenvalue weighted by molar-refractivity contribution is 7.11. The van der Waals surface area contributed by atoms with Crippen LogP contribution in [0.2, 0.25) is 10.0 Å². The molecule has 0 N–H and O–H groups in total. The number of anilines is 1. The Morgan fingerprint density at radius 2 is 2.00 bits per heavy atom. The van der Waals surface area contributed by atoms with E-state index in [0.717, 1.165) is 15.4 Å². The van der Waals surface area contributed by atoms with Crippen molar-refractivity contribution < 1.29 is 0 Å². The Bertz CT molecular complexity index is 983. The molecule has 0 atom stereocenters. The van der Waals surface area contributed by atoms with Gasteiger partial charge in [-0.05, 0) is 31.5 Å². The largest absolute Gasteiger partial charge is 0.367 e. The van der Waals surface area contributed by atoms with Gasteiger partial charge in [0.15, 0.2) is 0 Å². The Hall–Kier alpha value is -1.89. The molecule has 0 saturated carbocycles. The monoisotopic (exact) mass is 394 g/mol. The first-order chi connectivity index (χ1) is 11.9. The minimum absolute atomic E-state index is 0.121. The molecule has 2 heterocycles. The summed E-state index contributed by atoms with van der Waals surface area (Å²) in [5.74, 6) is 0. The highest BCUT2D eigenvalue weighted by atomic mass is 35.5. The lowest BCUT2D eigenvalue weighted by atomic mass is 10.2. The number of rotatable bonds is 4. The van der Waals surface area contributed by atoms with Gasteiger partial charge in [0.1, 0.15) is 5.02 Å². The highest BCUT2D eigenvalue weighted by Crippen LogP contribution is 2.24. The normalized spacial score (nSPS) is 10.9. The lowest BCUT2D eigenvalue weighted by Gasteiger charge is -2.19. The second-order valence-corrected chi connectivity index (χ2v) is 7.80. The third-order valence-corrected chi connectivity index (χ3v) is 5.43. The summed E-state index contributed by atoms with van der Waals surface area (Å²) < 4.78 is 1.25. The van der Waals surface area contributed by atoms with Gasteiger partial charge in [0.05, 0.1) is 29.1 Å². The van der Waals surface area contributed by atoms with E-state index in [4.69, 9.17) is 23.2 Å². The molecule has 0 saturated heterocycles. The number of hydrogen-bond donors (Lipinski definition) is 0. The Labute approximate surface area is 159 Å². The fraction of sp³-hybridized carbons (Fsp3) is 0.235. The predicted octanol–water partition coefficient (Wildman–Crippen LogP) is 4.25. The standard InChI is InChI=1S/C17H16Cl2N4OS/c1-10-4-5-12(6-14(10)18)23-17(24)16(19)15(8-21-23)22(3)9-13-7-20-11(2)25-13/h4-8H,9H2,1-3H3. The van der Waals surface area contributed by atoms with Gasteiger partial charge in [-0.1, -0.05) is 29.3 Å². The van der Waals surface area contributed by atoms with E-state index in [1.165, 1.54) is 4.68 Å². The van der Waals surface area contributed by atoms with Crippen LogP contribution in [-0.2, 0) is 6.54 Å². The van der Waals surface area contributed by atoms with Gasteiger partial charge in [0.25, 0.3) is 5.56 Å². The van der Waals surface area contributed by atoms with Gasteiger partial charge < -0.3 is 4.90 Å². The smallest absolute Gasteiger partial charge is 0.292 e. The summed E-state index contributed by atoms with van der Waals surface area (Å²) >= 11 is 14.1. The first-order valence-corrected chi connectivity index (χ1v) is 9.11. The van der Waals surface area contributed by atoms with Crippen molar-refractivity contribution in [3.8, 4) is 5.69 Å². The molecule has 25 heavy (non-hydrogen) atoms. The summed E-state index contributed by atoms with van der Waals surface area (Å²) in [5, 5.41) is 5.95. The average Bonchev–Trinajstić information content (AvgIpc) is 2.97. The third-order valence-electron chi connectivity index (χ3n) is 3.77. The van der Waals surface area contributed by atoms with Gasteiger partial charge >= 0.3 is 0 Å². The molecule has 0 aliphatic rings. The number of aromatic nitrogens is 3. The zero-order valence-corrected chi connectivity index (χ0v) is 16.3. The number of halogens is 2. The molecule has 3 rings (SSSR count). The van der Waals surface area contributed by atoms with Gasteiger partial charge in [-0.25, -0.2) is 4.98 Å². The molecule has 0 radical (unpaired) electrons. The van der Waals surface area contributed by atoms with Crippen molar-refractivity contribution in [3.63, 3.8) is 0 Å². The Morgan fingerprint density at radius 3 is 2.64 bits per heavy atom.